The summed E-state index contributed by atoms with van der Waals surface area (Å²) in [6.45, 7) is 8.54. The number of ether oxygens (including phenoxy) is 1. The van der Waals surface area contributed by atoms with E-state index in [1.807, 2.05) is 11.0 Å². The van der Waals surface area contributed by atoms with Crippen LogP contribution in [-0.4, -0.2) is 28.6 Å². The fourth-order valence-electron chi connectivity index (χ4n) is 5.26. The van der Waals surface area contributed by atoms with E-state index in [-0.39, 0.29) is 11.8 Å². The zero-order valence-corrected chi connectivity index (χ0v) is 21.5. The number of unbranched alkanes of at least 4 members (excludes halogenated alkanes) is 1. The summed E-state index contributed by atoms with van der Waals surface area (Å²) in [5, 5.41) is 0. The van der Waals surface area contributed by atoms with Gasteiger partial charge in [-0.05, 0) is 86.2 Å². The highest BCUT2D eigenvalue weighted by atomic mass is 16.5. The van der Waals surface area contributed by atoms with Crippen LogP contribution < -0.4 is 9.64 Å². The second-order valence-electron chi connectivity index (χ2n) is 9.91. The predicted molar refractivity (Wildman–Crippen MR) is 146 cm³/mol. The molecule has 0 spiro atoms. The Labute approximate surface area is 213 Å². The first kappa shape index (κ1) is 24.1. The standard InChI is InChI=1S/C31H35N3O2/c1-4-24-11-13-27(14-12-24)36-16-8-7-15-33-29-10-6-5-9-28(29)32-31(33)25-20-30(35)34(21-25)26-18-22(2)17-23(3)19-26/h5-6,9-14,17-19,25H,4,7-8,15-16,20-21H2,1-3H3. The molecule has 1 unspecified atom stereocenters. The largest absolute Gasteiger partial charge is 0.494 e. The van der Waals surface area contributed by atoms with E-state index < -0.39 is 0 Å². The molecule has 2 heterocycles. The number of nitrogens with zero attached hydrogens (tertiary/aromatic N) is 3. The van der Waals surface area contributed by atoms with Crippen molar-refractivity contribution in [1.82, 2.24) is 9.55 Å². The van der Waals surface area contributed by atoms with Crippen LogP contribution in [-0.2, 0) is 17.8 Å². The predicted octanol–water partition coefficient (Wildman–Crippen LogP) is 6.60. The molecule has 0 bridgehead atoms. The molecule has 0 N–H and O–H groups in total. The number of rotatable bonds is 9. The maximum Gasteiger partial charge on any atom is 0.227 e. The van der Waals surface area contributed by atoms with Crippen molar-refractivity contribution >= 4 is 22.6 Å². The summed E-state index contributed by atoms with van der Waals surface area (Å²) < 4.78 is 8.29. The number of carbonyl (C=O) groups is 1. The molecule has 1 fully saturated rings. The van der Waals surface area contributed by atoms with Crippen LogP contribution in [0.2, 0.25) is 0 Å². The van der Waals surface area contributed by atoms with Crippen molar-refractivity contribution in [3.05, 3.63) is 89.2 Å². The third kappa shape index (κ3) is 5.15. The minimum atomic E-state index is 0.0825. The van der Waals surface area contributed by atoms with Crippen molar-refractivity contribution < 1.29 is 9.53 Å². The molecule has 5 heteroatoms. The summed E-state index contributed by atoms with van der Waals surface area (Å²) in [5.41, 5.74) is 6.81. The fourth-order valence-corrected chi connectivity index (χ4v) is 5.26. The van der Waals surface area contributed by atoms with E-state index in [9.17, 15) is 4.79 Å². The average molecular weight is 482 g/mol. The Kier molecular flexibility index (Phi) is 7.08. The average Bonchev–Trinajstić information content (AvgIpc) is 3.44. The van der Waals surface area contributed by atoms with Gasteiger partial charge in [0.05, 0.1) is 17.6 Å². The number of hydrogen-bond donors (Lipinski definition) is 0. The van der Waals surface area contributed by atoms with Gasteiger partial charge < -0.3 is 14.2 Å². The minimum Gasteiger partial charge on any atom is -0.494 e. The molecular formula is C31H35N3O2. The molecule has 3 aromatic carbocycles. The number of hydrogen-bond acceptors (Lipinski definition) is 3. The molecule has 0 aliphatic carbocycles. The van der Waals surface area contributed by atoms with Gasteiger partial charge in [-0.1, -0.05) is 37.3 Å². The van der Waals surface area contributed by atoms with Crippen molar-refractivity contribution in [2.75, 3.05) is 18.1 Å². The highest BCUT2D eigenvalue weighted by molar-refractivity contribution is 5.96. The third-order valence-corrected chi connectivity index (χ3v) is 7.07. The molecule has 5 rings (SSSR count). The number of benzene rings is 3. The van der Waals surface area contributed by atoms with Crippen molar-refractivity contribution in [3.63, 3.8) is 0 Å². The van der Waals surface area contributed by atoms with E-state index in [1.54, 1.807) is 0 Å². The maximum atomic E-state index is 13.1. The molecule has 1 aliphatic heterocycles. The lowest BCUT2D eigenvalue weighted by Crippen LogP contribution is -2.24. The van der Waals surface area contributed by atoms with E-state index in [0.717, 1.165) is 54.1 Å². The summed E-state index contributed by atoms with van der Waals surface area (Å²) >= 11 is 0. The first-order valence-corrected chi connectivity index (χ1v) is 13.1. The van der Waals surface area contributed by atoms with E-state index in [2.05, 4.69) is 86.0 Å². The van der Waals surface area contributed by atoms with Gasteiger partial charge in [-0.2, -0.15) is 0 Å². The first-order valence-electron chi connectivity index (χ1n) is 13.1. The van der Waals surface area contributed by atoms with Crippen LogP contribution in [0.4, 0.5) is 5.69 Å². The second kappa shape index (κ2) is 10.6. The Morgan fingerprint density at radius 2 is 1.72 bits per heavy atom. The van der Waals surface area contributed by atoms with Gasteiger partial charge >= 0.3 is 0 Å². The SMILES string of the molecule is CCc1ccc(OCCCCn2c(C3CC(=O)N(c4cc(C)cc(C)c4)C3)nc3ccccc32)cc1. The second-order valence-corrected chi connectivity index (χ2v) is 9.91. The number of aromatic nitrogens is 2. The highest BCUT2D eigenvalue weighted by Crippen LogP contribution is 2.34. The summed E-state index contributed by atoms with van der Waals surface area (Å²) in [7, 11) is 0. The summed E-state index contributed by atoms with van der Waals surface area (Å²) in [5.74, 6) is 2.20. The molecule has 1 saturated heterocycles. The van der Waals surface area contributed by atoms with Crippen LogP contribution >= 0.6 is 0 Å². The Hall–Kier alpha value is -3.60. The van der Waals surface area contributed by atoms with Crippen LogP contribution in [0, 0.1) is 13.8 Å². The van der Waals surface area contributed by atoms with Crippen LogP contribution in [0.3, 0.4) is 0 Å². The van der Waals surface area contributed by atoms with Gasteiger partial charge in [0, 0.05) is 31.1 Å². The molecule has 5 nitrogen and oxygen atoms in total. The molecular weight excluding hydrogens is 446 g/mol. The van der Waals surface area contributed by atoms with E-state index in [4.69, 9.17) is 9.72 Å². The van der Waals surface area contributed by atoms with Gasteiger partial charge in [-0.15, -0.1) is 0 Å². The number of anilines is 1. The Morgan fingerprint density at radius 1 is 0.972 bits per heavy atom. The molecule has 0 radical (unpaired) electrons. The lowest BCUT2D eigenvalue weighted by Gasteiger charge is -2.19. The third-order valence-electron chi connectivity index (χ3n) is 7.07. The van der Waals surface area contributed by atoms with Gasteiger partial charge in [0.2, 0.25) is 5.91 Å². The molecule has 186 valence electrons. The number of aryl methyl sites for hydroxylation is 4. The van der Waals surface area contributed by atoms with Crippen molar-refractivity contribution in [3.8, 4) is 5.75 Å². The number of para-hydroxylation sites is 2. The van der Waals surface area contributed by atoms with E-state index >= 15 is 0 Å². The number of carbonyl (C=O) groups excluding carboxylic acids is 1. The van der Waals surface area contributed by atoms with Crippen LogP contribution in [0.15, 0.2) is 66.7 Å². The van der Waals surface area contributed by atoms with Crippen molar-refractivity contribution in [2.24, 2.45) is 0 Å². The Balaban J connectivity index is 1.28. The fraction of sp³-hybridized carbons (Fsp3) is 0.355. The quantitative estimate of drug-likeness (QED) is 0.253. The number of imidazole rings is 1. The summed E-state index contributed by atoms with van der Waals surface area (Å²) in [4.78, 5) is 20.0. The van der Waals surface area contributed by atoms with E-state index in [0.29, 0.717) is 19.6 Å². The van der Waals surface area contributed by atoms with Gasteiger partial charge in [-0.3, -0.25) is 4.79 Å². The van der Waals surface area contributed by atoms with Crippen LogP contribution in [0.1, 0.15) is 54.6 Å². The molecule has 1 amide bonds. The highest BCUT2D eigenvalue weighted by Gasteiger charge is 2.35. The smallest absolute Gasteiger partial charge is 0.227 e. The van der Waals surface area contributed by atoms with Gasteiger partial charge in [-0.25, -0.2) is 4.98 Å². The minimum absolute atomic E-state index is 0.0825. The monoisotopic (exact) mass is 481 g/mol. The molecule has 4 aromatic rings. The molecule has 0 saturated carbocycles. The first-order chi connectivity index (χ1) is 17.5. The lowest BCUT2D eigenvalue weighted by atomic mass is 10.1. The van der Waals surface area contributed by atoms with Gasteiger partial charge in [0.15, 0.2) is 0 Å². The Morgan fingerprint density at radius 3 is 2.47 bits per heavy atom. The Bertz CT molecular complexity index is 1340. The number of amides is 1. The number of fused-ring (bicyclic) bond motifs is 1. The molecule has 36 heavy (non-hydrogen) atoms. The van der Waals surface area contributed by atoms with E-state index in [1.165, 1.54) is 16.7 Å². The maximum absolute atomic E-state index is 13.1. The van der Waals surface area contributed by atoms with Crippen LogP contribution in [0.5, 0.6) is 5.75 Å². The lowest BCUT2D eigenvalue weighted by molar-refractivity contribution is -0.117. The van der Waals surface area contributed by atoms with Crippen molar-refractivity contribution in [2.45, 2.75) is 58.9 Å². The van der Waals surface area contributed by atoms with Gasteiger partial charge in [0.1, 0.15) is 11.6 Å². The van der Waals surface area contributed by atoms with Crippen LogP contribution in [0.25, 0.3) is 11.0 Å². The summed E-state index contributed by atoms with van der Waals surface area (Å²) in [6, 6.07) is 23.0. The zero-order chi connectivity index (χ0) is 25.1. The molecule has 1 aromatic heterocycles. The molecule has 1 atom stereocenters. The van der Waals surface area contributed by atoms with Crippen molar-refractivity contribution in [1.29, 1.82) is 0 Å². The summed E-state index contributed by atoms with van der Waals surface area (Å²) in [6.07, 6.45) is 3.48. The zero-order valence-electron chi connectivity index (χ0n) is 21.5. The molecule has 1 aliphatic rings. The van der Waals surface area contributed by atoms with Gasteiger partial charge in [0.25, 0.3) is 0 Å². The topological polar surface area (TPSA) is 47.4 Å². The normalized spacial score (nSPS) is 15.7.